The topological polar surface area (TPSA) is 79.8 Å². The number of carbonyl (C=O) groups excluding carboxylic acids is 2. The molecule has 1 atom stereocenters. The summed E-state index contributed by atoms with van der Waals surface area (Å²) in [5.41, 5.74) is 3.61. The smallest absolute Gasteiger partial charge is 0.270 e. The van der Waals surface area contributed by atoms with Gasteiger partial charge in [0.2, 0.25) is 0 Å². The van der Waals surface area contributed by atoms with Crippen LogP contribution in [-0.2, 0) is 20.8 Å². The molecule has 2 aromatic rings. The number of rotatable bonds is 9. The van der Waals surface area contributed by atoms with Gasteiger partial charge in [0.1, 0.15) is 6.21 Å². The highest BCUT2D eigenvalue weighted by Gasteiger charge is 2.10. The average molecular weight is 416 g/mol. The Morgan fingerprint density at radius 2 is 1.93 bits per heavy atom. The number of carbonyl (C=O) groups is 2. The van der Waals surface area contributed by atoms with Gasteiger partial charge < -0.3 is 15.5 Å². The zero-order valence-corrected chi connectivity index (χ0v) is 17.6. The molecule has 2 rings (SSSR count). The lowest BCUT2D eigenvalue weighted by Crippen LogP contribution is -2.35. The first kappa shape index (κ1) is 22.4. The molecule has 0 saturated carbocycles. The molecule has 2 amide bonds. The molecular formula is C22H26ClN3O3. The van der Waals surface area contributed by atoms with E-state index in [1.165, 1.54) is 5.56 Å². The summed E-state index contributed by atoms with van der Waals surface area (Å²) < 4.78 is 0. The predicted octanol–water partition coefficient (Wildman–Crippen LogP) is 4.04. The van der Waals surface area contributed by atoms with E-state index < -0.39 is 5.91 Å². The van der Waals surface area contributed by atoms with Gasteiger partial charge in [0.05, 0.1) is 10.7 Å². The molecule has 0 spiro atoms. The number of oxime groups is 1. The normalized spacial score (nSPS) is 11.9. The Morgan fingerprint density at radius 3 is 2.62 bits per heavy atom. The SMILES string of the molecule is Cc1cc(C)c(NC(=O)/C=N/OCC(=O)NC(C)CCc2ccccc2)c(Cl)c1. The van der Waals surface area contributed by atoms with Crippen LogP contribution in [0.4, 0.5) is 5.69 Å². The first-order valence-electron chi connectivity index (χ1n) is 9.41. The molecule has 0 aliphatic carbocycles. The summed E-state index contributed by atoms with van der Waals surface area (Å²) in [6, 6.07) is 13.8. The van der Waals surface area contributed by atoms with Crippen LogP contribution in [0.5, 0.6) is 0 Å². The van der Waals surface area contributed by atoms with E-state index in [1.54, 1.807) is 6.07 Å². The van der Waals surface area contributed by atoms with Gasteiger partial charge in [-0.3, -0.25) is 9.59 Å². The van der Waals surface area contributed by atoms with Crippen LogP contribution < -0.4 is 10.6 Å². The molecule has 1 unspecified atom stereocenters. The van der Waals surface area contributed by atoms with E-state index in [1.807, 2.05) is 45.0 Å². The van der Waals surface area contributed by atoms with Crippen molar-refractivity contribution in [3.63, 3.8) is 0 Å². The number of hydrogen-bond donors (Lipinski definition) is 2. The van der Waals surface area contributed by atoms with Crippen LogP contribution in [0.15, 0.2) is 47.6 Å². The molecule has 0 aromatic heterocycles. The first-order chi connectivity index (χ1) is 13.8. The van der Waals surface area contributed by atoms with Gasteiger partial charge >= 0.3 is 0 Å². The maximum atomic E-state index is 11.9. The van der Waals surface area contributed by atoms with Crippen molar-refractivity contribution in [1.82, 2.24) is 5.32 Å². The third-order valence-corrected chi connectivity index (χ3v) is 4.53. The molecule has 0 bridgehead atoms. The van der Waals surface area contributed by atoms with Crippen molar-refractivity contribution in [3.8, 4) is 0 Å². The van der Waals surface area contributed by atoms with Gasteiger partial charge in [0, 0.05) is 6.04 Å². The number of benzene rings is 2. The summed E-state index contributed by atoms with van der Waals surface area (Å²) in [5, 5.41) is 9.50. The van der Waals surface area contributed by atoms with Crippen LogP contribution in [0.25, 0.3) is 0 Å². The van der Waals surface area contributed by atoms with Crippen LogP contribution >= 0.6 is 11.6 Å². The van der Waals surface area contributed by atoms with Crippen molar-refractivity contribution in [1.29, 1.82) is 0 Å². The van der Waals surface area contributed by atoms with Crippen LogP contribution in [0.3, 0.4) is 0 Å². The van der Waals surface area contributed by atoms with Crippen molar-refractivity contribution >= 4 is 35.3 Å². The zero-order valence-electron chi connectivity index (χ0n) is 16.9. The monoisotopic (exact) mass is 415 g/mol. The zero-order chi connectivity index (χ0) is 21.2. The predicted molar refractivity (Wildman–Crippen MR) is 116 cm³/mol. The average Bonchev–Trinajstić information content (AvgIpc) is 2.67. The molecule has 0 aliphatic heterocycles. The van der Waals surface area contributed by atoms with Crippen molar-refractivity contribution in [3.05, 3.63) is 64.2 Å². The number of nitrogens with one attached hydrogen (secondary N) is 2. The van der Waals surface area contributed by atoms with E-state index in [4.69, 9.17) is 16.4 Å². The lowest BCUT2D eigenvalue weighted by atomic mass is 10.1. The van der Waals surface area contributed by atoms with Crippen LogP contribution in [0.2, 0.25) is 5.02 Å². The van der Waals surface area contributed by atoms with E-state index in [-0.39, 0.29) is 18.6 Å². The lowest BCUT2D eigenvalue weighted by Gasteiger charge is -2.13. The molecule has 0 heterocycles. The molecule has 0 radical (unpaired) electrons. The lowest BCUT2D eigenvalue weighted by molar-refractivity contribution is -0.126. The highest BCUT2D eigenvalue weighted by molar-refractivity contribution is 6.37. The van der Waals surface area contributed by atoms with Gasteiger partial charge in [-0.25, -0.2) is 0 Å². The van der Waals surface area contributed by atoms with Gasteiger partial charge in [-0.15, -0.1) is 0 Å². The minimum absolute atomic E-state index is 0.00485. The summed E-state index contributed by atoms with van der Waals surface area (Å²) in [6.45, 7) is 5.45. The fourth-order valence-electron chi connectivity index (χ4n) is 2.83. The van der Waals surface area contributed by atoms with Crippen LogP contribution in [0, 0.1) is 13.8 Å². The van der Waals surface area contributed by atoms with Crippen LogP contribution in [-0.4, -0.2) is 30.7 Å². The van der Waals surface area contributed by atoms with E-state index in [2.05, 4.69) is 27.9 Å². The minimum atomic E-state index is -0.490. The molecule has 0 aliphatic rings. The Kier molecular flexibility index (Phi) is 8.68. The third kappa shape index (κ3) is 7.95. The Labute approximate surface area is 176 Å². The highest BCUT2D eigenvalue weighted by atomic mass is 35.5. The number of amides is 2. The number of hydrogen-bond acceptors (Lipinski definition) is 4. The summed E-state index contributed by atoms with van der Waals surface area (Å²) in [4.78, 5) is 28.7. The van der Waals surface area contributed by atoms with Crippen LogP contribution in [0.1, 0.15) is 30.0 Å². The highest BCUT2D eigenvalue weighted by Crippen LogP contribution is 2.27. The maximum Gasteiger partial charge on any atom is 0.270 e. The largest absolute Gasteiger partial charge is 0.386 e. The number of aryl methyl sites for hydroxylation is 3. The minimum Gasteiger partial charge on any atom is -0.386 e. The van der Waals surface area contributed by atoms with E-state index >= 15 is 0 Å². The second kappa shape index (κ2) is 11.2. The molecule has 29 heavy (non-hydrogen) atoms. The Morgan fingerprint density at radius 1 is 1.21 bits per heavy atom. The summed E-state index contributed by atoms with van der Waals surface area (Å²) in [5.74, 6) is -0.781. The Bertz CT molecular complexity index is 846. The second-order valence-electron chi connectivity index (χ2n) is 6.93. The fourth-order valence-corrected chi connectivity index (χ4v) is 3.20. The van der Waals surface area contributed by atoms with E-state index in [9.17, 15) is 9.59 Å². The summed E-state index contributed by atoms with van der Waals surface area (Å²) >= 11 is 6.15. The molecule has 154 valence electrons. The van der Waals surface area contributed by atoms with Gasteiger partial charge in [-0.2, -0.15) is 0 Å². The van der Waals surface area contributed by atoms with Gasteiger partial charge in [0.25, 0.3) is 11.8 Å². The summed E-state index contributed by atoms with van der Waals surface area (Å²) in [7, 11) is 0. The first-order valence-corrected chi connectivity index (χ1v) is 9.79. The Hall–Kier alpha value is -2.86. The molecule has 2 N–H and O–H groups in total. The third-order valence-electron chi connectivity index (χ3n) is 4.24. The second-order valence-corrected chi connectivity index (χ2v) is 7.34. The van der Waals surface area contributed by atoms with Crippen molar-refractivity contribution in [2.75, 3.05) is 11.9 Å². The maximum absolute atomic E-state index is 11.9. The van der Waals surface area contributed by atoms with E-state index in [0.717, 1.165) is 30.2 Å². The molecule has 2 aromatic carbocycles. The fraction of sp³-hybridized carbons (Fsp3) is 0.318. The molecule has 0 fully saturated rings. The molecule has 7 heteroatoms. The molecular weight excluding hydrogens is 390 g/mol. The number of anilines is 1. The van der Waals surface area contributed by atoms with Gasteiger partial charge in [0.15, 0.2) is 6.61 Å². The van der Waals surface area contributed by atoms with Gasteiger partial charge in [-0.05, 0) is 56.4 Å². The number of halogens is 1. The van der Waals surface area contributed by atoms with Crippen molar-refractivity contribution in [2.24, 2.45) is 5.16 Å². The standard InChI is InChI=1S/C22H26ClN3O3/c1-15-11-16(2)22(19(23)12-15)26-20(27)13-24-29-14-21(28)25-17(3)9-10-18-7-5-4-6-8-18/h4-8,11-13,17H,9-10,14H2,1-3H3,(H,25,28)(H,26,27)/b24-13+. The van der Waals surface area contributed by atoms with Crippen molar-refractivity contribution in [2.45, 2.75) is 39.7 Å². The van der Waals surface area contributed by atoms with E-state index in [0.29, 0.717) is 10.7 Å². The molecule has 0 saturated heterocycles. The van der Waals surface area contributed by atoms with Gasteiger partial charge in [-0.1, -0.05) is 53.2 Å². The Balaban J connectivity index is 1.69. The summed E-state index contributed by atoms with van der Waals surface area (Å²) in [6.07, 6.45) is 2.67. The molecule has 6 nitrogen and oxygen atoms in total. The van der Waals surface area contributed by atoms with Crippen molar-refractivity contribution < 1.29 is 14.4 Å². The quantitative estimate of drug-likeness (QED) is 0.479. The number of nitrogens with zero attached hydrogens (tertiary/aromatic N) is 1.